The van der Waals surface area contributed by atoms with E-state index in [1.807, 2.05) is 0 Å². The molecular formula is C31H72N14O9. The van der Waals surface area contributed by atoms with E-state index in [0.29, 0.717) is 0 Å². The quantitative estimate of drug-likeness (QED) is 0.0304. The van der Waals surface area contributed by atoms with Crippen LogP contribution < -0.4 is 55.7 Å². The zero-order chi connectivity index (χ0) is 42.3. The predicted octanol–water partition coefficient (Wildman–Crippen LogP) is 1.57. The van der Waals surface area contributed by atoms with Gasteiger partial charge in [0.1, 0.15) is 0 Å². The lowest BCUT2D eigenvalue weighted by Crippen LogP contribution is -2.30. The van der Waals surface area contributed by atoms with E-state index in [9.17, 15) is 0 Å². The Kier molecular flexibility index (Phi) is 53.7. The number of nitrogens with zero attached hydrogens (tertiary/aromatic N) is 2. The van der Waals surface area contributed by atoms with E-state index in [1.165, 1.54) is 77.0 Å². The summed E-state index contributed by atoms with van der Waals surface area (Å²) in [7, 11) is 0. The number of carbonyl (C=O) groups is 3. The van der Waals surface area contributed by atoms with Crippen molar-refractivity contribution < 1.29 is 45.0 Å². The van der Waals surface area contributed by atoms with Crippen molar-refractivity contribution in [1.82, 2.24) is 21.3 Å². The molecule has 23 heteroatoms. The number of unbranched alkanes of at least 4 members (excludes halogenated alkanes) is 12. The van der Waals surface area contributed by atoms with E-state index < -0.39 is 18.5 Å². The van der Waals surface area contributed by atoms with Crippen LogP contribution in [-0.2, 0) is 0 Å². The Morgan fingerprint density at radius 1 is 0.389 bits per heavy atom. The topological polar surface area (TPSA) is 449 Å². The molecule has 0 aliphatic carbocycles. The van der Waals surface area contributed by atoms with Gasteiger partial charge in [-0.1, -0.05) is 51.4 Å². The summed E-state index contributed by atoms with van der Waals surface area (Å²) < 4.78 is 0. The van der Waals surface area contributed by atoms with E-state index >= 15 is 0 Å². The first-order chi connectivity index (χ1) is 25.4. The van der Waals surface area contributed by atoms with Crippen LogP contribution >= 0.6 is 0 Å². The van der Waals surface area contributed by atoms with Crippen molar-refractivity contribution in [3.63, 3.8) is 0 Å². The average Bonchev–Trinajstić information content (AvgIpc) is 3.03. The highest BCUT2D eigenvalue weighted by Gasteiger charge is 1.95. The van der Waals surface area contributed by atoms with Gasteiger partial charge in [-0.3, -0.25) is 20.8 Å². The van der Waals surface area contributed by atoms with Crippen LogP contribution in [0.3, 0.4) is 0 Å². The van der Waals surface area contributed by atoms with Crippen LogP contribution in [0.15, 0.2) is 9.98 Å². The maximum Gasteiger partial charge on any atom is 0.503 e. The normalized spacial score (nSPS) is 9.33. The molecule has 320 valence electrons. The third kappa shape index (κ3) is 103. The fourth-order valence-electron chi connectivity index (χ4n) is 4.00. The Balaban J connectivity index is -0.000000227. The number of nitrogens with two attached hydrogens (primary N) is 6. The summed E-state index contributed by atoms with van der Waals surface area (Å²) in [6.45, 7) is 7.47. The molecule has 0 aromatic carbocycles. The van der Waals surface area contributed by atoms with Crippen molar-refractivity contribution in [2.45, 2.75) is 103 Å². The molecule has 0 bridgehead atoms. The molecule has 24 N–H and O–H groups in total. The molecule has 23 nitrogen and oxygen atoms in total. The molecule has 0 rings (SSSR count). The number of aliphatic imine (C=N–C) groups is 2. The minimum atomic E-state index is -1.83. The Morgan fingerprint density at radius 2 is 0.593 bits per heavy atom. The van der Waals surface area contributed by atoms with Crippen molar-refractivity contribution in [3.05, 3.63) is 0 Å². The first kappa shape index (κ1) is 58.1. The zero-order valence-electron chi connectivity index (χ0n) is 31.7. The Morgan fingerprint density at radius 3 is 0.796 bits per heavy atom. The molecule has 0 aromatic heterocycles. The number of rotatable bonds is 28. The molecule has 54 heavy (non-hydrogen) atoms. The van der Waals surface area contributed by atoms with Crippen LogP contribution in [0.25, 0.3) is 0 Å². The molecule has 0 aliphatic rings. The number of hydrogen-bond donors (Lipinski definition) is 18. The lowest BCUT2D eigenvalue weighted by molar-refractivity contribution is 0.135. The number of carboxylic acid groups (broad SMARTS) is 6. The second-order valence-corrected chi connectivity index (χ2v) is 11.3. The van der Waals surface area contributed by atoms with Gasteiger partial charge >= 0.3 is 18.5 Å². The standard InChI is InChI=1S/2C14H33N7.3CH2O3/c2*15-13(16)20-11-7-3-1-5-9-19-10-6-2-4-8-12-21-14(17)18;3*2-1(3)4/h2*19H,1-12H2,(H4,15,16,20)(H4,17,18,21);3*(H2,2,3,4). The van der Waals surface area contributed by atoms with E-state index in [-0.39, 0.29) is 23.8 Å². The Labute approximate surface area is 318 Å². The van der Waals surface area contributed by atoms with Crippen molar-refractivity contribution >= 4 is 42.3 Å². The van der Waals surface area contributed by atoms with Crippen LogP contribution in [0, 0.1) is 10.8 Å². The van der Waals surface area contributed by atoms with E-state index in [1.54, 1.807) is 0 Å². The molecule has 0 unspecified atom stereocenters. The molecule has 0 spiro atoms. The van der Waals surface area contributed by atoms with Crippen LogP contribution in [0.2, 0.25) is 0 Å². The first-order valence-corrected chi connectivity index (χ1v) is 17.9. The van der Waals surface area contributed by atoms with Crippen molar-refractivity contribution in [1.29, 1.82) is 10.8 Å². The minimum Gasteiger partial charge on any atom is -0.450 e. The first-order valence-electron chi connectivity index (χ1n) is 17.9. The lowest BCUT2D eigenvalue weighted by atomic mass is 10.2. The summed E-state index contributed by atoms with van der Waals surface area (Å²) in [5, 5.41) is 68.4. The molecular weight excluding hydrogens is 712 g/mol. The van der Waals surface area contributed by atoms with Crippen molar-refractivity contribution in [2.75, 3.05) is 52.4 Å². The maximum absolute atomic E-state index is 8.56. The van der Waals surface area contributed by atoms with Gasteiger partial charge in [-0.2, -0.15) is 0 Å². The molecule has 0 aliphatic heterocycles. The summed E-state index contributed by atoms with van der Waals surface area (Å²) >= 11 is 0. The minimum absolute atomic E-state index is 0.0648. The zero-order valence-corrected chi connectivity index (χ0v) is 31.7. The number of hydrogen-bond acceptors (Lipinski definition) is 9. The average molecular weight is 785 g/mol. The summed E-state index contributed by atoms with van der Waals surface area (Å²) in [6.07, 6.45) is 13.3. The van der Waals surface area contributed by atoms with Gasteiger partial charge in [0.2, 0.25) is 0 Å². The van der Waals surface area contributed by atoms with Gasteiger partial charge in [0.05, 0.1) is 0 Å². The van der Waals surface area contributed by atoms with E-state index in [2.05, 4.69) is 31.3 Å². The van der Waals surface area contributed by atoms with Gasteiger partial charge < -0.3 is 86.3 Å². The summed E-state index contributed by atoms with van der Waals surface area (Å²) in [6, 6.07) is 0. The van der Waals surface area contributed by atoms with Crippen LogP contribution in [0.1, 0.15) is 103 Å². The SMILES string of the molecule is N=C(N)NCCCCCCNCCCCCCN=C(N)N.N=C(N)NCCCCCCNCCCCCCN=C(N)N.O=C(O)O.O=C(O)O.O=C(O)O. The summed E-state index contributed by atoms with van der Waals surface area (Å²) in [5.74, 6) is 0.507. The molecule has 0 atom stereocenters. The van der Waals surface area contributed by atoms with E-state index in [0.717, 1.165) is 78.0 Å². The third-order valence-electron chi connectivity index (χ3n) is 6.30. The van der Waals surface area contributed by atoms with Gasteiger partial charge in [0, 0.05) is 26.2 Å². The van der Waals surface area contributed by atoms with E-state index in [4.69, 9.17) is 90.2 Å². The predicted molar refractivity (Wildman–Crippen MR) is 213 cm³/mol. The fraction of sp³-hybridized carbons (Fsp3) is 0.774. The molecule has 0 fully saturated rings. The van der Waals surface area contributed by atoms with Crippen LogP contribution in [0.4, 0.5) is 14.4 Å². The highest BCUT2D eigenvalue weighted by atomic mass is 16.6. The number of guanidine groups is 4. The molecule has 0 saturated heterocycles. The van der Waals surface area contributed by atoms with Gasteiger partial charge in [0.25, 0.3) is 0 Å². The van der Waals surface area contributed by atoms with Crippen LogP contribution in [-0.4, -0.2) is 125 Å². The highest BCUT2D eigenvalue weighted by Crippen LogP contribution is 2.02. The van der Waals surface area contributed by atoms with Gasteiger partial charge in [-0.05, 0) is 77.5 Å². The fourth-order valence-corrected chi connectivity index (χ4v) is 4.00. The Hall–Kier alpha value is -5.19. The highest BCUT2D eigenvalue weighted by molar-refractivity contribution is 5.76. The van der Waals surface area contributed by atoms with Gasteiger partial charge in [-0.15, -0.1) is 0 Å². The van der Waals surface area contributed by atoms with Crippen molar-refractivity contribution in [2.24, 2.45) is 44.4 Å². The molecule has 0 amide bonds. The smallest absolute Gasteiger partial charge is 0.450 e. The second kappa shape index (κ2) is 49.9. The monoisotopic (exact) mass is 785 g/mol. The molecule has 0 radical (unpaired) electrons. The lowest BCUT2D eigenvalue weighted by Gasteiger charge is -2.05. The molecule has 0 aromatic rings. The Bertz CT molecular complexity index is 858. The maximum atomic E-state index is 8.56. The van der Waals surface area contributed by atoms with Crippen LogP contribution in [0.5, 0.6) is 0 Å². The van der Waals surface area contributed by atoms with Gasteiger partial charge in [-0.25, -0.2) is 14.4 Å². The third-order valence-corrected chi connectivity index (χ3v) is 6.30. The summed E-state index contributed by atoms with van der Waals surface area (Å²) in [5.41, 5.74) is 31.4. The largest absolute Gasteiger partial charge is 0.503 e. The molecule has 0 heterocycles. The number of nitrogens with one attached hydrogen (secondary N) is 6. The second-order valence-electron chi connectivity index (χ2n) is 11.3. The summed E-state index contributed by atoms with van der Waals surface area (Å²) in [4.78, 5) is 33.6. The molecule has 0 saturated carbocycles. The van der Waals surface area contributed by atoms with Gasteiger partial charge in [0.15, 0.2) is 23.8 Å². The van der Waals surface area contributed by atoms with Crippen molar-refractivity contribution in [3.8, 4) is 0 Å².